The molecule has 0 rings (SSSR count). The van der Waals surface area contributed by atoms with Crippen molar-refractivity contribution in [3.8, 4) is 0 Å². The molecule has 4 heteroatoms. The molecule has 0 saturated heterocycles. The van der Waals surface area contributed by atoms with E-state index in [-0.39, 0.29) is 5.97 Å². The Hall–Kier alpha value is -0.353. The van der Waals surface area contributed by atoms with E-state index in [9.17, 15) is 4.79 Å². The summed E-state index contributed by atoms with van der Waals surface area (Å²) in [4.78, 5) is 10.3. The SMILES string of the molecule is CC[Si](OC)OC(C)=O. The summed E-state index contributed by atoms with van der Waals surface area (Å²) in [6.07, 6.45) is 0. The summed E-state index contributed by atoms with van der Waals surface area (Å²) in [5, 5.41) is 0. The van der Waals surface area contributed by atoms with Crippen molar-refractivity contribution >= 4 is 15.3 Å². The number of carbonyl (C=O) groups excluding carboxylic acids is 1. The fourth-order valence-electron chi connectivity index (χ4n) is 0.418. The second kappa shape index (κ2) is 4.52. The van der Waals surface area contributed by atoms with Crippen molar-refractivity contribution in [2.75, 3.05) is 7.11 Å². The Kier molecular flexibility index (Phi) is 4.34. The Morgan fingerprint density at radius 3 is 2.33 bits per heavy atom. The van der Waals surface area contributed by atoms with E-state index in [4.69, 9.17) is 8.85 Å². The molecule has 0 unspecified atom stereocenters. The maximum atomic E-state index is 10.3. The monoisotopic (exact) mass is 147 g/mol. The fourth-order valence-corrected chi connectivity index (χ4v) is 1.26. The van der Waals surface area contributed by atoms with Crippen molar-refractivity contribution in [1.29, 1.82) is 0 Å². The van der Waals surface area contributed by atoms with Gasteiger partial charge in [-0.2, -0.15) is 0 Å². The Morgan fingerprint density at radius 1 is 1.67 bits per heavy atom. The lowest BCUT2D eigenvalue weighted by molar-refractivity contribution is -0.133. The summed E-state index contributed by atoms with van der Waals surface area (Å²) in [6.45, 7) is 3.32. The third-order valence-corrected chi connectivity index (χ3v) is 2.32. The van der Waals surface area contributed by atoms with E-state index in [2.05, 4.69) is 0 Å². The third kappa shape index (κ3) is 4.17. The second-order valence-corrected chi connectivity index (χ2v) is 3.59. The lowest BCUT2D eigenvalue weighted by atomic mass is 10.9. The smallest absolute Gasteiger partial charge is 0.459 e. The van der Waals surface area contributed by atoms with Gasteiger partial charge in [0.05, 0.1) is 0 Å². The minimum Gasteiger partial charge on any atom is -0.492 e. The molecule has 0 bridgehead atoms. The quantitative estimate of drug-likeness (QED) is 0.551. The summed E-state index contributed by atoms with van der Waals surface area (Å²) < 4.78 is 9.66. The van der Waals surface area contributed by atoms with Crippen LogP contribution in [0.25, 0.3) is 0 Å². The molecule has 0 heterocycles. The van der Waals surface area contributed by atoms with Crippen molar-refractivity contribution in [1.82, 2.24) is 0 Å². The molecule has 0 spiro atoms. The van der Waals surface area contributed by atoms with Gasteiger partial charge in [-0.25, -0.2) is 0 Å². The zero-order valence-electron chi connectivity index (χ0n) is 5.93. The first-order valence-electron chi connectivity index (χ1n) is 2.79. The molecule has 53 valence electrons. The molecule has 1 radical (unpaired) electrons. The van der Waals surface area contributed by atoms with E-state index < -0.39 is 9.28 Å². The van der Waals surface area contributed by atoms with Crippen LogP contribution in [-0.2, 0) is 13.6 Å². The first kappa shape index (κ1) is 8.65. The van der Waals surface area contributed by atoms with Crippen LogP contribution < -0.4 is 0 Å². The molecule has 0 saturated carbocycles. The number of hydrogen-bond acceptors (Lipinski definition) is 3. The van der Waals surface area contributed by atoms with E-state index in [1.165, 1.54) is 6.92 Å². The van der Waals surface area contributed by atoms with Gasteiger partial charge in [-0.3, -0.25) is 4.79 Å². The molecule has 0 aromatic heterocycles. The van der Waals surface area contributed by atoms with E-state index >= 15 is 0 Å². The molecule has 0 aliphatic rings. The highest BCUT2D eigenvalue weighted by Gasteiger charge is 2.13. The predicted octanol–water partition coefficient (Wildman–Crippen LogP) is 0.704. The number of hydrogen-bond donors (Lipinski definition) is 0. The molecule has 0 aliphatic carbocycles. The topological polar surface area (TPSA) is 35.5 Å². The zero-order valence-corrected chi connectivity index (χ0v) is 6.93. The van der Waals surface area contributed by atoms with Crippen molar-refractivity contribution in [3.63, 3.8) is 0 Å². The summed E-state index contributed by atoms with van der Waals surface area (Å²) in [7, 11) is 0.284. The third-order valence-electron chi connectivity index (χ3n) is 0.774. The lowest BCUT2D eigenvalue weighted by Crippen LogP contribution is -2.22. The van der Waals surface area contributed by atoms with Crippen LogP contribution in [0, 0.1) is 0 Å². The Bertz CT molecular complexity index is 90.2. The van der Waals surface area contributed by atoms with Crippen molar-refractivity contribution in [2.45, 2.75) is 19.9 Å². The van der Waals surface area contributed by atoms with Crippen LogP contribution in [0.1, 0.15) is 13.8 Å². The first-order valence-corrected chi connectivity index (χ1v) is 4.31. The molecule has 9 heavy (non-hydrogen) atoms. The largest absolute Gasteiger partial charge is 0.492 e. The first-order chi connectivity index (χ1) is 4.20. The van der Waals surface area contributed by atoms with Gasteiger partial charge in [-0.1, -0.05) is 6.92 Å². The highest BCUT2D eigenvalue weighted by Crippen LogP contribution is 1.93. The molecule has 0 aliphatic heterocycles. The molecular weight excluding hydrogens is 136 g/mol. The normalized spacial score (nSPS) is 9.78. The van der Waals surface area contributed by atoms with E-state index in [1.54, 1.807) is 7.11 Å². The highest BCUT2D eigenvalue weighted by molar-refractivity contribution is 6.46. The van der Waals surface area contributed by atoms with Gasteiger partial charge in [0, 0.05) is 20.1 Å². The van der Waals surface area contributed by atoms with Crippen LogP contribution >= 0.6 is 0 Å². The van der Waals surface area contributed by atoms with Crippen LogP contribution in [0.15, 0.2) is 0 Å². The van der Waals surface area contributed by atoms with Crippen molar-refractivity contribution < 1.29 is 13.6 Å². The molecule has 0 aromatic rings. The Balaban J connectivity index is 3.43. The van der Waals surface area contributed by atoms with E-state index in [0.29, 0.717) is 0 Å². The standard InChI is InChI=1S/C5H11O3Si/c1-4-9(7-3)8-5(2)6/h4H2,1-3H3. The van der Waals surface area contributed by atoms with Gasteiger partial charge >= 0.3 is 9.28 Å². The van der Waals surface area contributed by atoms with Gasteiger partial charge < -0.3 is 8.85 Å². The van der Waals surface area contributed by atoms with Gasteiger partial charge in [0.2, 0.25) is 0 Å². The predicted molar refractivity (Wildman–Crippen MR) is 35.0 cm³/mol. The van der Waals surface area contributed by atoms with Crippen molar-refractivity contribution in [3.05, 3.63) is 0 Å². The average Bonchev–Trinajstić information content (AvgIpc) is 1.82. The summed E-state index contributed by atoms with van der Waals surface area (Å²) in [5.74, 6) is -0.257. The Morgan fingerprint density at radius 2 is 2.22 bits per heavy atom. The molecule has 0 N–H and O–H groups in total. The van der Waals surface area contributed by atoms with Gasteiger partial charge in [-0.15, -0.1) is 0 Å². The highest BCUT2D eigenvalue weighted by atomic mass is 28.3. The van der Waals surface area contributed by atoms with Crippen LogP contribution in [0.2, 0.25) is 6.04 Å². The summed E-state index contributed by atoms with van der Waals surface area (Å²) in [6, 6.07) is 0.792. The van der Waals surface area contributed by atoms with Crippen LogP contribution in [-0.4, -0.2) is 22.4 Å². The fraction of sp³-hybridized carbons (Fsp3) is 0.800. The van der Waals surface area contributed by atoms with Crippen LogP contribution in [0.4, 0.5) is 0 Å². The molecule has 0 atom stereocenters. The van der Waals surface area contributed by atoms with Gasteiger partial charge in [0.15, 0.2) is 0 Å². The van der Waals surface area contributed by atoms with Gasteiger partial charge in [0.1, 0.15) is 0 Å². The minimum atomic E-state index is -1.27. The summed E-state index contributed by atoms with van der Waals surface area (Å²) >= 11 is 0. The number of carbonyl (C=O) groups is 1. The minimum absolute atomic E-state index is 0.257. The molecular formula is C5H11O3Si. The van der Waals surface area contributed by atoms with Crippen LogP contribution in [0.3, 0.4) is 0 Å². The molecule has 0 fully saturated rings. The van der Waals surface area contributed by atoms with Crippen molar-refractivity contribution in [2.24, 2.45) is 0 Å². The van der Waals surface area contributed by atoms with E-state index in [0.717, 1.165) is 6.04 Å². The molecule has 0 aromatic carbocycles. The summed E-state index contributed by atoms with van der Waals surface area (Å²) in [5.41, 5.74) is 0. The number of rotatable bonds is 3. The maximum absolute atomic E-state index is 10.3. The average molecular weight is 147 g/mol. The lowest BCUT2D eigenvalue weighted by Gasteiger charge is -2.06. The second-order valence-electron chi connectivity index (χ2n) is 1.52. The zero-order chi connectivity index (χ0) is 7.28. The molecule has 3 nitrogen and oxygen atoms in total. The van der Waals surface area contributed by atoms with Gasteiger partial charge in [0.25, 0.3) is 5.97 Å². The van der Waals surface area contributed by atoms with Crippen LogP contribution in [0.5, 0.6) is 0 Å². The molecule has 0 amide bonds. The van der Waals surface area contributed by atoms with E-state index in [1.807, 2.05) is 6.92 Å². The Labute approximate surface area is 56.8 Å². The van der Waals surface area contributed by atoms with Gasteiger partial charge in [-0.05, 0) is 0 Å². The maximum Gasteiger partial charge on any atom is 0.459 e.